The van der Waals surface area contributed by atoms with Crippen molar-refractivity contribution in [1.29, 1.82) is 0 Å². The van der Waals surface area contributed by atoms with Gasteiger partial charge in [-0.05, 0) is 43.7 Å². The first-order chi connectivity index (χ1) is 8.33. The molecule has 0 bridgehead atoms. The average molecular weight is 231 g/mol. The van der Waals surface area contributed by atoms with E-state index in [1.165, 1.54) is 32.4 Å². The van der Waals surface area contributed by atoms with Gasteiger partial charge in [0.15, 0.2) is 0 Å². The van der Waals surface area contributed by atoms with E-state index in [1.54, 1.807) is 0 Å². The van der Waals surface area contributed by atoms with Crippen molar-refractivity contribution in [2.45, 2.75) is 25.7 Å². The van der Waals surface area contributed by atoms with Gasteiger partial charge in [0.2, 0.25) is 0 Å². The quantitative estimate of drug-likeness (QED) is 0.779. The van der Waals surface area contributed by atoms with Gasteiger partial charge >= 0.3 is 0 Å². The first-order valence-corrected chi connectivity index (χ1v) is 6.77. The van der Waals surface area contributed by atoms with Crippen molar-refractivity contribution >= 4 is 0 Å². The number of rotatable bonds is 2. The Labute approximate surface area is 103 Å². The lowest BCUT2D eigenvalue weighted by atomic mass is 9.72. The molecule has 17 heavy (non-hydrogen) atoms. The number of fused-ring (bicyclic) bond motifs is 1. The van der Waals surface area contributed by atoms with Crippen molar-refractivity contribution in [2.24, 2.45) is 17.8 Å². The van der Waals surface area contributed by atoms with Crippen LogP contribution < -0.4 is 0 Å². The Morgan fingerprint density at radius 2 is 2.06 bits per heavy atom. The predicted molar refractivity (Wildman–Crippen MR) is 67.6 cm³/mol. The molecule has 1 aromatic rings. The molecule has 0 amide bonds. The molecule has 2 fully saturated rings. The monoisotopic (exact) mass is 231 g/mol. The van der Waals surface area contributed by atoms with Gasteiger partial charge in [-0.15, -0.1) is 0 Å². The number of nitrogens with zero attached hydrogens (tertiary/aromatic N) is 3. The minimum Gasteiger partial charge on any atom is -0.306 e. The highest BCUT2D eigenvalue weighted by atomic mass is 15.1. The van der Waals surface area contributed by atoms with Gasteiger partial charge in [0, 0.05) is 31.9 Å². The Bertz CT molecular complexity index is 365. The van der Waals surface area contributed by atoms with E-state index >= 15 is 0 Å². The zero-order valence-electron chi connectivity index (χ0n) is 10.5. The molecule has 0 N–H and O–H groups in total. The highest BCUT2D eigenvalue weighted by molar-refractivity contribution is 4.96. The van der Waals surface area contributed by atoms with Crippen molar-refractivity contribution in [2.75, 3.05) is 20.1 Å². The fourth-order valence-electron chi connectivity index (χ4n) is 3.74. The lowest BCUT2D eigenvalue weighted by molar-refractivity contribution is 0.195. The van der Waals surface area contributed by atoms with Crippen LogP contribution in [0.2, 0.25) is 0 Å². The zero-order chi connectivity index (χ0) is 11.7. The normalized spacial score (nSPS) is 33.6. The molecule has 2 aliphatic rings. The molecule has 1 aliphatic heterocycles. The highest BCUT2D eigenvalue weighted by Crippen LogP contribution is 2.40. The summed E-state index contributed by atoms with van der Waals surface area (Å²) in [6.45, 7) is 2.58. The van der Waals surface area contributed by atoms with Crippen LogP contribution in [-0.4, -0.2) is 35.0 Å². The second-order valence-electron chi connectivity index (χ2n) is 5.71. The van der Waals surface area contributed by atoms with E-state index in [2.05, 4.69) is 21.9 Å². The van der Waals surface area contributed by atoms with E-state index in [0.717, 1.165) is 30.0 Å². The number of hydrogen-bond donors (Lipinski definition) is 0. The van der Waals surface area contributed by atoms with Crippen LogP contribution in [0.15, 0.2) is 18.5 Å². The molecule has 2 heterocycles. The molecule has 0 aromatic carbocycles. The van der Waals surface area contributed by atoms with E-state index in [1.807, 2.05) is 18.5 Å². The summed E-state index contributed by atoms with van der Waals surface area (Å²) in [7, 11) is 2.26. The smallest absolute Gasteiger partial charge is 0.128 e. The Hall–Kier alpha value is -0.960. The number of likely N-dealkylation sites (tertiary alicyclic amines) is 1. The Balaban J connectivity index is 1.70. The molecule has 3 nitrogen and oxygen atoms in total. The van der Waals surface area contributed by atoms with Crippen LogP contribution in [-0.2, 0) is 6.42 Å². The summed E-state index contributed by atoms with van der Waals surface area (Å²) in [4.78, 5) is 11.3. The average Bonchev–Trinajstić information content (AvgIpc) is 2.72. The molecule has 1 aromatic heterocycles. The second-order valence-corrected chi connectivity index (χ2v) is 5.71. The van der Waals surface area contributed by atoms with Gasteiger partial charge in [0.05, 0.1) is 0 Å². The Kier molecular flexibility index (Phi) is 3.10. The molecular formula is C14H21N3. The van der Waals surface area contributed by atoms with E-state index in [4.69, 9.17) is 0 Å². The van der Waals surface area contributed by atoms with Gasteiger partial charge < -0.3 is 4.90 Å². The molecule has 0 spiro atoms. The van der Waals surface area contributed by atoms with Gasteiger partial charge in [0.25, 0.3) is 0 Å². The van der Waals surface area contributed by atoms with Crippen molar-refractivity contribution in [3.8, 4) is 0 Å². The summed E-state index contributed by atoms with van der Waals surface area (Å²) in [6, 6.07) is 1.90. The Morgan fingerprint density at radius 1 is 1.24 bits per heavy atom. The van der Waals surface area contributed by atoms with Crippen LogP contribution in [0.3, 0.4) is 0 Å². The van der Waals surface area contributed by atoms with Gasteiger partial charge in [-0.1, -0.05) is 6.42 Å². The van der Waals surface area contributed by atoms with Crippen LogP contribution in [0.4, 0.5) is 0 Å². The third-order valence-corrected chi connectivity index (χ3v) is 4.49. The SMILES string of the molecule is CN1C[C@H]2CCC[C@H](Cc3ncccn3)[C@H]2C1. The van der Waals surface area contributed by atoms with Crippen LogP contribution in [0, 0.1) is 17.8 Å². The fourth-order valence-corrected chi connectivity index (χ4v) is 3.74. The van der Waals surface area contributed by atoms with Crippen LogP contribution >= 0.6 is 0 Å². The Morgan fingerprint density at radius 3 is 2.88 bits per heavy atom. The van der Waals surface area contributed by atoms with Crippen LogP contribution in [0.1, 0.15) is 25.1 Å². The van der Waals surface area contributed by atoms with E-state index in [0.29, 0.717) is 0 Å². The standard InChI is InChI=1S/C14H21N3/c1-17-9-12-5-2-4-11(13(12)10-17)8-14-15-6-3-7-16-14/h3,6-7,11-13H,2,4-5,8-10H2,1H3/t11-,12-,13-/m1/s1. The summed E-state index contributed by atoms with van der Waals surface area (Å²) in [5, 5.41) is 0. The maximum Gasteiger partial charge on any atom is 0.128 e. The van der Waals surface area contributed by atoms with Crippen molar-refractivity contribution in [3.05, 3.63) is 24.3 Å². The molecule has 3 heteroatoms. The van der Waals surface area contributed by atoms with E-state index in [9.17, 15) is 0 Å². The van der Waals surface area contributed by atoms with Crippen molar-refractivity contribution in [1.82, 2.24) is 14.9 Å². The fraction of sp³-hybridized carbons (Fsp3) is 0.714. The summed E-state index contributed by atoms with van der Waals surface area (Å²) >= 11 is 0. The molecule has 1 saturated heterocycles. The predicted octanol–water partition coefficient (Wildman–Crippen LogP) is 2.00. The first-order valence-electron chi connectivity index (χ1n) is 6.77. The number of hydrogen-bond acceptors (Lipinski definition) is 3. The molecular weight excluding hydrogens is 210 g/mol. The summed E-state index contributed by atoms with van der Waals surface area (Å²) in [6.07, 6.45) is 9.00. The molecule has 1 saturated carbocycles. The van der Waals surface area contributed by atoms with Crippen LogP contribution in [0.5, 0.6) is 0 Å². The van der Waals surface area contributed by atoms with Gasteiger partial charge in [-0.2, -0.15) is 0 Å². The maximum absolute atomic E-state index is 4.38. The van der Waals surface area contributed by atoms with E-state index < -0.39 is 0 Å². The largest absolute Gasteiger partial charge is 0.306 e. The maximum atomic E-state index is 4.38. The summed E-state index contributed by atoms with van der Waals surface area (Å²) < 4.78 is 0. The highest BCUT2D eigenvalue weighted by Gasteiger charge is 2.38. The summed E-state index contributed by atoms with van der Waals surface area (Å²) in [5.41, 5.74) is 0. The number of aromatic nitrogens is 2. The van der Waals surface area contributed by atoms with Gasteiger partial charge in [-0.25, -0.2) is 9.97 Å². The van der Waals surface area contributed by atoms with Crippen molar-refractivity contribution in [3.63, 3.8) is 0 Å². The zero-order valence-corrected chi connectivity index (χ0v) is 10.5. The molecule has 0 radical (unpaired) electrons. The molecule has 3 rings (SSSR count). The molecule has 3 atom stereocenters. The lowest BCUT2D eigenvalue weighted by Crippen LogP contribution is -2.29. The van der Waals surface area contributed by atoms with Gasteiger partial charge in [0.1, 0.15) is 5.82 Å². The molecule has 92 valence electrons. The third kappa shape index (κ3) is 2.34. The minimum atomic E-state index is 0.807. The summed E-state index contributed by atoms with van der Waals surface area (Å²) in [5.74, 6) is 3.66. The first kappa shape index (κ1) is 11.1. The third-order valence-electron chi connectivity index (χ3n) is 4.49. The molecule has 1 aliphatic carbocycles. The van der Waals surface area contributed by atoms with Crippen molar-refractivity contribution < 1.29 is 0 Å². The molecule has 0 unspecified atom stereocenters. The topological polar surface area (TPSA) is 29.0 Å². The second kappa shape index (κ2) is 4.73. The minimum absolute atomic E-state index is 0.807. The van der Waals surface area contributed by atoms with Crippen LogP contribution in [0.25, 0.3) is 0 Å². The van der Waals surface area contributed by atoms with E-state index in [-0.39, 0.29) is 0 Å². The van der Waals surface area contributed by atoms with Gasteiger partial charge in [-0.3, -0.25) is 0 Å². The lowest BCUT2D eigenvalue weighted by Gasteiger charge is -2.32.